The van der Waals surface area contributed by atoms with Crippen LogP contribution in [0.5, 0.6) is 0 Å². The number of nitrogens with zero attached hydrogens (tertiary/aromatic N) is 2. The molecule has 0 aliphatic heterocycles. The third-order valence-corrected chi connectivity index (χ3v) is 2.94. The van der Waals surface area contributed by atoms with Crippen LogP contribution in [0.25, 0.3) is 0 Å². The molecular formula is C12H20BrN3O. The first-order chi connectivity index (χ1) is 8.19. The topological polar surface area (TPSA) is 58.0 Å². The summed E-state index contributed by atoms with van der Waals surface area (Å²) in [5, 5.41) is 12.3. The molecule has 0 bridgehead atoms. The van der Waals surface area contributed by atoms with Crippen molar-refractivity contribution in [2.45, 2.75) is 45.6 Å². The Labute approximate surface area is 111 Å². The normalized spacial score (nSPS) is 12.5. The minimum absolute atomic E-state index is 0.194. The van der Waals surface area contributed by atoms with Gasteiger partial charge in [0.25, 0.3) is 0 Å². The summed E-state index contributed by atoms with van der Waals surface area (Å²) in [5.41, 5.74) is 0. The quantitative estimate of drug-likeness (QED) is 0.760. The molecular weight excluding hydrogens is 282 g/mol. The molecule has 0 amide bonds. The van der Waals surface area contributed by atoms with Crippen LogP contribution >= 0.6 is 15.9 Å². The van der Waals surface area contributed by atoms with Crippen LogP contribution in [0.15, 0.2) is 10.7 Å². The number of hydrogen-bond donors (Lipinski definition) is 2. The van der Waals surface area contributed by atoms with Gasteiger partial charge in [0, 0.05) is 25.1 Å². The lowest BCUT2D eigenvalue weighted by molar-refractivity contribution is 0.278. The largest absolute Gasteiger partial charge is 0.396 e. The maximum atomic E-state index is 8.96. The Kier molecular flexibility index (Phi) is 6.44. The molecule has 0 aromatic carbocycles. The van der Waals surface area contributed by atoms with Gasteiger partial charge in [0.05, 0.1) is 0 Å². The minimum Gasteiger partial charge on any atom is -0.396 e. The summed E-state index contributed by atoms with van der Waals surface area (Å²) in [6.45, 7) is 4.40. The van der Waals surface area contributed by atoms with Crippen molar-refractivity contribution >= 4 is 21.7 Å². The van der Waals surface area contributed by atoms with E-state index in [4.69, 9.17) is 5.11 Å². The van der Waals surface area contributed by atoms with E-state index in [1.807, 2.05) is 6.07 Å². The molecule has 1 atom stereocenters. The summed E-state index contributed by atoms with van der Waals surface area (Å²) >= 11 is 3.39. The first-order valence-corrected chi connectivity index (χ1v) is 6.89. The summed E-state index contributed by atoms with van der Waals surface area (Å²) in [5.74, 6) is 1.68. The van der Waals surface area contributed by atoms with Crippen LogP contribution < -0.4 is 5.32 Å². The van der Waals surface area contributed by atoms with E-state index >= 15 is 0 Å². The van der Waals surface area contributed by atoms with Gasteiger partial charge in [0.1, 0.15) is 16.2 Å². The van der Waals surface area contributed by atoms with E-state index in [1.54, 1.807) is 0 Å². The average Bonchev–Trinajstić information content (AvgIpc) is 2.28. The van der Waals surface area contributed by atoms with Crippen LogP contribution in [-0.4, -0.2) is 27.7 Å². The molecule has 0 aliphatic carbocycles. The van der Waals surface area contributed by atoms with Crippen molar-refractivity contribution in [2.75, 3.05) is 11.9 Å². The molecule has 0 spiro atoms. The number of aromatic nitrogens is 2. The van der Waals surface area contributed by atoms with Crippen molar-refractivity contribution in [3.8, 4) is 0 Å². The SMILES string of the molecule is CCCc1nc(Br)cc(NC(CC)CCO)n1. The van der Waals surface area contributed by atoms with Crippen molar-refractivity contribution in [1.82, 2.24) is 9.97 Å². The first-order valence-electron chi connectivity index (χ1n) is 6.10. The standard InChI is InChI=1S/C12H20BrN3O/c1-3-5-11-15-10(13)8-12(16-11)14-9(4-2)6-7-17/h8-9,17H,3-7H2,1-2H3,(H,14,15,16). The van der Waals surface area contributed by atoms with Crippen molar-refractivity contribution < 1.29 is 5.11 Å². The van der Waals surface area contributed by atoms with Gasteiger partial charge in [-0.1, -0.05) is 13.8 Å². The zero-order valence-corrected chi connectivity index (χ0v) is 12.0. The Balaban J connectivity index is 2.75. The number of aliphatic hydroxyl groups excluding tert-OH is 1. The second-order valence-corrected chi connectivity index (χ2v) is 4.82. The van der Waals surface area contributed by atoms with Gasteiger partial charge < -0.3 is 10.4 Å². The van der Waals surface area contributed by atoms with Gasteiger partial charge in [-0.05, 0) is 35.2 Å². The zero-order valence-electron chi connectivity index (χ0n) is 10.4. The molecule has 0 saturated heterocycles. The van der Waals surface area contributed by atoms with E-state index < -0.39 is 0 Å². The van der Waals surface area contributed by atoms with Crippen LogP contribution in [0.3, 0.4) is 0 Å². The summed E-state index contributed by atoms with van der Waals surface area (Å²) in [6.07, 6.45) is 3.61. The molecule has 4 nitrogen and oxygen atoms in total. The van der Waals surface area contributed by atoms with E-state index in [-0.39, 0.29) is 12.6 Å². The van der Waals surface area contributed by atoms with Gasteiger partial charge in [0.2, 0.25) is 0 Å². The first kappa shape index (κ1) is 14.4. The summed E-state index contributed by atoms with van der Waals surface area (Å²) in [4.78, 5) is 8.78. The molecule has 1 heterocycles. The van der Waals surface area contributed by atoms with E-state index in [1.165, 1.54) is 0 Å². The monoisotopic (exact) mass is 301 g/mol. The van der Waals surface area contributed by atoms with Crippen molar-refractivity contribution in [3.63, 3.8) is 0 Å². The van der Waals surface area contributed by atoms with E-state index in [9.17, 15) is 0 Å². The van der Waals surface area contributed by atoms with Gasteiger partial charge in [-0.3, -0.25) is 0 Å². The highest BCUT2D eigenvalue weighted by molar-refractivity contribution is 9.10. The van der Waals surface area contributed by atoms with E-state index in [0.717, 1.165) is 41.9 Å². The molecule has 0 fully saturated rings. The zero-order chi connectivity index (χ0) is 12.7. The smallest absolute Gasteiger partial charge is 0.132 e. The Morgan fingerprint density at radius 3 is 2.76 bits per heavy atom. The number of rotatable bonds is 7. The predicted octanol–water partition coefficient (Wildman–Crippen LogP) is 2.76. The van der Waals surface area contributed by atoms with Gasteiger partial charge >= 0.3 is 0 Å². The lowest BCUT2D eigenvalue weighted by Gasteiger charge is -2.16. The Bertz CT molecular complexity index is 347. The van der Waals surface area contributed by atoms with Crippen LogP contribution in [0.2, 0.25) is 0 Å². The molecule has 96 valence electrons. The number of anilines is 1. The molecule has 5 heteroatoms. The van der Waals surface area contributed by atoms with Crippen LogP contribution in [0.1, 0.15) is 38.9 Å². The fourth-order valence-corrected chi connectivity index (χ4v) is 2.04. The van der Waals surface area contributed by atoms with Crippen LogP contribution in [0, 0.1) is 0 Å². The molecule has 1 aromatic rings. The van der Waals surface area contributed by atoms with E-state index in [0.29, 0.717) is 0 Å². The number of halogens is 1. The minimum atomic E-state index is 0.194. The fourth-order valence-electron chi connectivity index (χ4n) is 1.62. The van der Waals surface area contributed by atoms with Gasteiger partial charge in [0.15, 0.2) is 0 Å². The molecule has 1 aromatic heterocycles. The maximum Gasteiger partial charge on any atom is 0.132 e. The maximum absolute atomic E-state index is 8.96. The van der Waals surface area contributed by atoms with Gasteiger partial charge in [-0.15, -0.1) is 0 Å². The molecule has 17 heavy (non-hydrogen) atoms. The van der Waals surface area contributed by atoms with Gasteiger partial charge in [-0.2, -0.15) is 0 Å². The molecule has 0 aliphatic rings. The fraction of sp³-hybridized carbons (Fsp3) is 0.667. The third kappa shape index (κ3) is 5.00. The summed E-state index contributed by atoms with van der Waals surface area (Å²) < 4.78 is 0.803. The lowest BCUT2D eigenvalue weighted by atomic mass is 10.1. The lowest BCUT2D eigenvalue weighted by Crippen LogP contribution is -2.21. The number of hydrogen-bond acceptors (Lipinski definition) is 4. The van der Waals surface area contributed by atoms with Gasteiger partial charge in [-0.25, -0.2) is 9.97 Å². The third-order valence-electron chi connectivity index (χ3n) is 2.54. The number of aryl methyl sites for hydroxylation is 1. The second-order valence-electron chi connectivity index (χ2n) is 4.00. The Morgan fingerprint density at radius 2 is 2.18 bits per heavy atom. The second kappa shape index (κ2) is 7.61. The molecule has 0 saturated carbocycles. The predicted molar refractivity (Wildman–Crippen MR) is 73.1 cm³/mol. The highest BCUT2D eigenvalue weighted by Gasteiger charge is 2.08. The van der Waals surface area contributed by atoms with Crippen molar-refractivity contribution in [1.29, 1.82) is 0 Å². The van der Waals surface area contributed by atoms with Crippen LogP contribution in [0.4, 0.5) is 5.82 Å². The van der Waals surface area contributed by atoms with Crippen LogP contribution in [-0.2, 0) is 6.42 Å². The average molecular weight is 302 g/mol. The molecule has 1 unspecified atom stereocenters. The van der Waals surface area contributed by atoms with Crippen molar-refractivity contribution in [2.24, 2.45) is 0 Å². The van der Waals surface area contributed by atoms with E-state index in [2.05, 4.69) is 45.1 Å². The molecule has 1 rings (SSSR count). The Hall–Kier alpha value is -0.680. The molecule has 0 radical (unpaired) electrons. The summed E-state index contributed by atoms with van der Waals surface area (Å²) in [6, 6.07) is 2.13. The number of aliphatic hydroxyl groups is 1. The number of nitrogens with one attached hydrogen (secondary N) is 1. The summed E-state index contributed by atoms with van der Waals surface area (Å²) in [7, 11) is 0. The Morgan fingerprint density at radius 1 is 1.41 bits per heavy atom. The highest BCUT2D eigenvalue weighted by Crippen LogP contribution is 2.15. The highest BCUT2D eigenvalue weighted by atomic mass is 79.9. The van der Waals surface area contributed by atoms with Crippen molar-refractivity contribution in [3.05, 3.63) is 16.5 Å². The molecule has 2 N–H and O–H groups in total.